The number of rotatable bonds is 4. The molecular formula is C16H22N4O4. The van der Waals surface area contributed by atoms with Crippen molar-refractivity contribution < 1.29 is 19.1 Å². The summed E-state index contributed by atoms with van der Waals surface area (Å²) in [4.78, 5) is 36.1. The first-order chi connectivity index (χ1) is 11.6. The predicted molar refractivity (Wildman–Crippen MR) is 88.5 cm³/mol. The lowest BCUT2D eigenvalue weighted by molar-refractivity contribution is 0.0526. The van der Waals surface area contributed by atoms with Gasteiger partial charge in [0, 0.05) is 25.3 Å². The van der Waals surface area contributed by atoms with E-state index in [2.05, 4.69) is 10.6 Å². The first-order valence-corrected chi connectivity index (χ1v) is 7.97. The van der Waals surface area contributed by atoms with Gasteiger partial charge < -0.3 is 15.4 Å². The normalized spacial score (nSPS) is 13.6. The van der Waals surface area contributed by atoms with E-state index in [0.29, 0.717) is 37.3 Å². The van der Waals surface area contributed by atoms with Gasteiger partial charge in [-0.3, -0.25) is 0 Å². The molecule has 1 aromatic rings. The number of ether oxygens (including phenoxy) is 1. The Balaban J connectivity index is 2.05. The molecule has 2 rings (SSSR count). The van der Waals surface area contributed by atoms with Crippen molar-refractivity contribution in [3.05, 3.63) is 29.8 Å². The Morgan fingerprint density at radius 2 is 1.83 bits per heavy atom. The van der Waals surface area contributed by atoms with Gasteiger partial charge in [0.2, 0.25) is 0 Å². The number of hydrogen-bond donors (Lipinski definition) is 2. The van der Waals surface area contributed by atoms with Crippen molar-refractivity contribution in [1.29, 1.82) is 0 Å². The van der Waals surface area contributed by atoms with Gasteiger partial charge in [-0.15, -0.1) is 0 Å². The number of benzene rings is 1. The van der Waals surface area contributed by atoms with E-state index >= 15 is 0 Å². The topological polar surface area (TPSA) is 91.0 Å². The number of amides is 4. The molecule has 2 N–H and O–H groups in total. The van der Waals surface area contributed by atoms with Gasteiger partial charge in [-0.1, -0.05) is 6.07 Å². The number of hydrogen-bond acceptors (Lipinski definition) is 4. The van der Waals surface area contributed by atoms with Gasteiger partial charge in [0.25, 0.3) is 0 Å². The van der Waals surface area contributed by atoms with Crippen molar-refractivity contribution in [2.45, 2.75) is 20.3 Å². The van der Waals surface area contributed by atoms with E-state index in [1.54, 1.807) is 31.2 Å². The minimum atomic E-state index is -0.446. The zero-order chi connectivity index (χ0) is 17.5. The van der Waals surface area contributed by atoms with Crippen LogP contribution in [0.25, 0.3) is 0 Å². The molecule has 130 valence electrons. The van der Waals surface area contributed by atoms with Gasteiger partial charge in [-0.25, -0.2) is 24.4 Å². The molecule has 0 aliphatic carbocycles. The molecule has 1 aliphatic heterocycles. The zero-order valence-electron chi connectivity index (χ0n) is 13.9. The quantitative estimate of drug-likeness (QED) is 0.825. The lowest BCUT2D eigenvalue weighted by atomic mass is 10.2. The molecule has 0 aromatic heterocycles. The molecule has 1 saturated heterocycles. The highest BCUT2D eigenvalue weighted by atomic mass is 16.5. The average Bonchev–Trinajstić information content (AvgIpc) is 3.05. The fraction of sp³-hybridized carbons (Fsp3) is 0.438. The maximum Gasteiger partial charge on any atom is 0.340 e. The number of nitrogens with zero attached hydrogens (tertiary/aromatic N) is 2. The second-order valence-electron chi connectivity index (χ2n) is 5.17. The van der Waals surface area contributed by atoms with Gasteiger partial charge in [-0.05, 0) is 38.5 Å². The molecule has 0 unspecified atom stereocenters. The molecule has 1 heterocycles. The van der Waals surface area contributed by atoms with Crippen LogP contribution < -0.4 is 10.6 Å². The highest BCUT2D eigenvalue weighted by Crippen LogP contribution is 2.16. The van der Waals surface area contributed by atoms with Crippen LogP contribution in [0.5, 0.6) is 0 Å². The van der Waals surface area contributed by atoms with Crippen molar-refractivity contribution in [1.82, 2.24) is 15.3 Å². The minimum absolute atomic E-state index is 0.282. The van der Waals surface area contributed by atoms with E-state index in [-0.39, 0.29) is 12.6 Å². The number of carbonyl (C=O) groups excluding carboxylic acids is 3. The molecule has 0 spiro atoms. The molecule has 1 aromatic carbocycles. The molecule has 0 atom stereocenters. The van der Waals surface area contributed by atoms with Gasteiger partial charge in [0.1, 0.15) is 0 Å². The van der Waals surface area contributed by atoms with E-state index in [1.807, 2.05) is 6.92 Å². The Hall–Kier alpha value is -2.77. The number of esters is 1. The van der Waals surface area contributed by atoms with Gasteiger partial charge in [0.15, 0.2) is 0 Å². The maximum absolute atomic E-state index is 12.4. The summed E-state index contributed by atoms with van der Waals surface area (Å²) in [5.41, 5.74) is 0.824. The van der Waals surface area contributed by atoms with Gasteiger partial charge >= 0.3 is 18.0 Å². The van der Waals surface area contributed by atoms with Gasteiger partial charge in [0.05, 0.1) is 12.2 Å². The molecule has 24 heavy (non-hydrogen) atoms. The molecule has 0 radical (unpaired) electrons. The Bertz CT molecular complexity index is 620. The summed E-state index contributed by atoms with van der Waals surface area (Å²) in [5.74, 6) is -0.446. The smallest absolute Gasteiger partial charge is 0.340 e. The van der Waals surface area contributed by atoms with Crippen LogP contribution in [0.4, 0.5) is 15.3 Å². The van der Waals surface area contributed by atoms with Crippen LogP contribution in [-0.2, 0) is 4.74 Å². The third-order valence-electron chi connectivity index (χ3n) is 3.45. The molecule has 0 bridgehead atoms. The van der Waals surface area contributed by atoms with Gasteiger partial charge in [-0.2, -0.15) is 0 Å². The van der Waals surface area contributed by atoms with Crippen LogP contribution in [0.2, 0.25) is 0 Å². The van der Waals surface area contributed by atoms with E-state index < -0.39 is 12.0 Å². The first kappa shape index (κ1) is 17.6. The molecule has 8 heteroatoms. The average molecular weight is 334 g/mol. The van der Waals surface area contributed by atoms with Crippen LogP contribution in [0, 0.1) is 0 Å². The maximum atomic E-state index is 12.4. The summed E-state index contributed by atoms with van der Waals surface area (Å²) in [7, 11) is 0. The summed E-state index contributed by atoms with van der Waals surface area (Å²) < 4.78 is 4.94. The predicted octanol–water partition coefficient (Wildman–Crippen LogP) is 2.05. The monoisotopic (exact) mass is 334 g/mol. The third kappa shape index (κ3) is 4.15. The van der Waals surface area contributed by atoms with Crippen LogP contribution in [0.1, 0.15) is 30.6 Å². The molecule has 4 amide bonds. The lowest BCUT2D eigenvalue weighted by Gasteiger charge is -2.27. The third-order valence-corrected chi connectivity index (χ3v) is 3.45. The zero-order valence-corrected chi connectivity index (χ0v) is 13.9. The Labute approximate surface area is 140 Å². The molecular weight excluding hydrogens is 312 g/mol. The van der Waals surface area contributed by atoms with Crippen LogP contribution >= 0.6 is 0 Å². The van der Waals surface area contributed by atoms with E-state index in [9.17, 15) is 14.4 Å². The Morgan fingerprint density at radius 3 is 2.50 bits per heavy atom. The molecule has 1 fully saturated rings. The Kier molecular flexibility index (Phi) is 6.00. The highest BCUT2D eigenvalue weighted by Gasteiger charge is 2.30. The van der Waals surface area contributed by atoms with Crippen molar-refractivity contribution in [3.63, 3.8) is 0 Å². The minimum Gasteiger partial charge on any atom is -0.462 e. The van der Waals surface area contributed by atoms with Crippen molar-refractivity contribution in [3.8, 4) is 0 Å². The van der Waals surface area contributed by atoms with E-state index in [0.717, 1.165) is 0 Å². The fourth-order valence-corrected chi connectivity index (χ4v) is 2.40. The molecule has 1 aliphatic rings. The number of anilines is 1. The van der Waals surface area contributed by atoms with E-state index in [1.165, 1.54) is 10.0 Å². The van der Waals surface area contributed by atoms with Crippen molar-refractivity contribution in [2.24, 2.45) is 0 Å². The summed E-state index contributed by atoms with van der Waals surface area (Å²) in [5, 5.41) is 8.13. The first-order valence-electron chi connectivity index (χ1n) is 7.97. The van der Waals surface area contributed by atoms with Crippen LogP contribution in [-0.4, -0.2) is 54.3 Å². The van der Waals surface area contributed by atoms with Crippen LogP contribution in [0.3, 0.4) is 0 Å². The standard InChI is InChI=1S/C16H22N4O4/c1-3-17-15(22)19-9-6-10-20(19)16(23)18-13-8-5-7-12(11-13)14(21)24-4-2/h5,7-8,11H,3-4,6,9-10H2,1-2H3,(H,17,22)(H,18,23). The number of hydrazine groups is 1. The molecule has 0 saturated carbocycles. The number of carbonyl (C=O) groups is 3. The SMILES string of the molecule is CCNC(=O)N1CCCN1C(=O)Nc1cccc(C(=O)OCC)c1. The number of urea groups is 2. The van der Waals surface area contributed by atoms with Crippen molar-refractivity contribution >= 4 is 23.7 Å². The summed E-state index contributed by atoms with van der Waals surface area (Å²) in [6.07, 6.45) is 0.716. The highest BCUT2D eigenvalue weighted by molar-refractivity contribution is 5.94. The second kappa shape index (κ2) is 8.19. The second-order valence-corrected chi connectivity index (χ2v) is 5.17. The summed E-state index contributed by atoms with van der Waals surface area (Å²) in [6.45, 7) is 5.27. The lowest BCUT2D eigenvalue weighted by Crippen LogP contribution is -2.50. The fourth-order valence-electron chi connectivity index (χ4n) is 2.40. The summed E-state index contributed by atoms with van der Waals surface area (Å²) in [6, 6.07) is 5.78. The van der Waals surface area contributed by atoms with Crippen molar-refractivity contribution in [2.75, 3.05) is 31.6 Å². The summed E-state index contributed by atoms with van der Waals surface area (Å²) >= 11 is 0. The van der Waals surface area contributed by atoms with E-state index in [4.69, 9.17) is 4.74 Å². The number of nitrogens with one attached hydrogen (secondary N) is 2. The van der Waals surface area contributed by atoms with Crippen LogP contribution in [0.15, 0.2) is 24.3 Å². The Morgan fingerprint density at radius 1 is 1.12 bits per heavy atom. The molecule has 8 nitrogen and oxygen atoms in total. The largest absolute Gasteiger partial charge is 0.462 e.